The Kier molecular flexibility index (Phi) is 5.43. The SMILES string of the molecule is O=C(O)C1=CC(=CC[NH+]2c3c(cc(C(=O)O)oc3=O)CC2C(=O)[O-])CC(C(=O)O)N1. The minimum atomic E-state index is -1.48. The summed E-state index contributed by atoms with van der Waals surface area (Å²) < 4.78 is 4.74. The number of carbonyl (C=O) groups is 4. The van der Waals surface area contributed by atoms with Crippen LogP contribution < -0.4 is 20.9 Å². The Labute approximate surface area is 167 Å². The van der Waals surface area contributed by atoms with Crippen LogP contribution in [0.2, 0.25) is 0 Å². The molecule has 12 heteroatoms. The van der Waals surface area contributed by atoms with Crippen LogP contribution >= 0.6 is 0 Å². The molecular weight excluding hydrogens is 404 g/mol. The normalized spacial score (nSPS) is 23.9. The smallest absolute Gasteiger partial charge is 0.398 e. The summed E-state index contributed by atoms with van der Waals surface area (Å²) in [6.07, 6.45) is 2.44. The summed E-state index contributed by atoms with van der Waals surface area (Å²) in [5, 5.41) is 41.3. The third kappa shape index (κ3) is 3.93. The number of allylic oxidation sites excluding steroid dienone is 1. The second kappa shape index (κ2) is 7.83. The van der Waals surface area contributed by atoms with Crippen molar-refractivity contribution in [3.05, 3.63) is 51.2 Å². The van der Waals surface area contributed by atoms with Gasteiger partial charge in [0.15, 0.2) is 0 Å². The minimum absolute atomic E-state index is 0.0581. The maximum atomic E-state index is 12.3. The molecule has 1 aromatic rings. The fraction of sp³-hybridized carbons (Fsp3) is 0.278. The van der Waals surface area contributed by atoms with Gasteiger partial charge in [-0.25, -0.2) is 19.2 Å². The predicted octanol–water partition coefficient (Wildman–Crippen LogP) is -3.13. The molecule has 2 aliphatic heterocycles. The Morgan fingerprint density at radius 1 is 1.20 bits per heavy atom. The van der Waals surface area contributed by atoms with Crippen LogP contribution in [-0.2, 0) is 20.8 Å². The molecule has 3 atom stereocenters. The maximum Gasteiger partial charge on any atom is 0.398 e. The van der Waals surface area contributed by atoms with E-state index >= 15 is 0 Å². The fourth-order valence-corrected chi connectivity index (χ4v) is 3.55. The average Bonchev–Trinajstić information content (AvgIpc) is 3.05. The summed E-state index contributed by atoms with van der Waals surface area (Å²) in [5.74, 6) is -6.18. The second-order valence-electron chi connectivity index (χ2n) is 6.79. The molecule has 2 aliphatic rings. The Bertz CT molecular complexity index is 1070. The van der Waals surface area contributed by atoms with Gasteiger partial charge in [0.2, 0.25) is 11.4 Å². The van der Waals surface area contributed by atoms with Crippen molar-refractivity contribution >= 4 is 29.6 Å². The summed E-state index contributed by atoms with van der Waals surface area (Å²) in [4.78, 5) is 57.5. The summed E-state index contributed by atoms with van der Waals surface area (Å²) >= 11 is 0. The van der Waals surface area contributed by atoms with E-state index in [-0.39, 0.29) is 41.2 Å². The van der Waals surface area contributed by atoms with Gasteiger partial charge in [0.25, 0.3) is 0 Å². The third-order valence-corrected chi connectivity index (χ3v) is 4.91. The van der Waals surface area contributed by atoms with Crippen molar-refractivity contribution in [2.45, 2.75) is 24.9 Å². The Morgan fingerprint density at radius 3 is 2.47 bits per heavy atom. The largest absolute Gasteiger partial charge is 0.544 e. The highest BCUT2D eigenvalue weighted by molar-refractivity contribution is 5.89. The van der Waals surface area contributed by atoms with E-state index in [1.807, 2.05) is 0 Å². The maximum absolute atomic E-state index is 12.3. The molecule has 0 saturated heterocycles. The minimum Gasteiger partial charge on any atom is -0.544 e. The van der Waals surface area contributed by atoms with Gasteiger partial charge in [-0.1, -0.05) is 0 Å². The lowest BCUT2D eigenvalue weighted by molar-refractivity contribution is -0.841. The van der Waals surface area contributed by atoms with Crippen molar-refractivity contribution in [1.29, 1.82) is 0 Å². The average molecular weight is 420 g/mol. The topological polar surface area (TPSA) is 199 Å². The Balaban J connectivity index is 1.97. The van der Waals surface area contributed by atoms with E-state index in [1.165, 1.54) is 12.2 Å². The number of nitrogens with one attached hydrogen (secondary N) is 2. The molecule has 0 bridgehead atoms. The molecule has 1 aromatic heterocycles. The molecule has 3 heterocycles. The number of fused-ring (bicyclic) bond motifs is 1. The zero-order valence-electron chi connectivity index (χ0n) is 15.2. The molecule has 0 saturated carbocycles. The third-order valence-electron chi connectivity index (χ3n) is 4.91. The first-order chi connectivity index (χ1) is 14.1. The number of aliphatic carboxylic acids is 3. The van der Waals surface area contributed by atoms with Crippen LogP contribution in [0, 0.1) is 0 Å². The fourth-order valence-electron chi connectivity index (χ4n) is 3.55. The molecule has 158 valence electrons. The molecule has 0 radical (unpaired) electrons. The molecule has 0 spiro atoms. The first-order valence-electron chi connectivity index (χ1n) is 8.69. The van der Waals surface area contributed by atoms with Gasteiger partial charge in [-0.3, -0.25) is 4.90 Å². The van der Waals surface area contributed by atoms with Crippen molar-refractivity contribution in [1.82, 2.24) is 5.32 Å². The lowest BCUT2D eigenvalue weighted by Crippen LogP contribution is -3.12. The molecule has 3 rings (SSSR count). The number of rotatable bonds is 6. The lowest BCUT2D eigenvalue weighted by atomic mass is 9.99. The van der Waals surface area contributed by atoms with Crippen molar-refractivity contribution in [3.63, 3.8) is 0 Å². The van der Waals surface area contributed by atoms with Crippen LogP contribution in [0.4, 0.5) is 5.69 Å². The van der Waals surface area contributed by atoms with Crippen molar-refractivity contribution in [2.75, 3.05) is 6.54 Å². The first kappa shape index (κ1) is 20.8. The van der Waals surface area contributed by atoms with Crippen LogP contribution in [0.1, 0.15) is 22.5 Å². The van der Waals surface area contributed by atoms with E-state index in [0.29, 0.717) is 5.57 Å². The standard InChI is InChI=1S/C18H16N2O10/c21-14(22)9-3-7(4-10(19-9)15(23)24)1-2-20-11(16(25)26)5-8-6-12(17(27)28)30-18(29)13(8)20/h1,3,6,10-11,19H,2,4-5H2,(H,21,22)(H,23,24)(H,25,26)(H,27,28). The van der Waals surface area contributed by atoms with Crippen molar-refractivity contribution in [3.8, 4) is 0 Å². The van der Waals surface area contributed by atoms with E-state index in [9.17, 15) is 34.2 Å². The van der Waals surface area contributed by atoms with E-state index in [4.69, 9.17) is 14.6 Å². The molecule has 0 fully saturated rings. The van der Waals surface area contributed by atoms with Gasteiger partial charge in [0.1, 0.15) is 30.3 Å². The number of aromatic carboxylic acids is 1. The van der Waals surface area contributed by atoms with Crippen LogP contribution in [0.15, 0.2) is 38.7 Å². The molecule has 30 heavy (non-hydrogen) atoms. The van der Waals surface area contributed by atoms with Crippen LogP contribution in [-0.4, -0.2) is 57.8 Å². The number of carboxylic acid groups (broad SMARTS) is 4. The quantitative estimate of drug-likeness (QED) is 0.312. The Hall–Kier alpha value is -3.93. The molecule has 3 unspecified atom stereocenters. The lowest BCUT2D eigenvalue weighted by Gasteiger charge is -2.23. The molecule has 0 amide bonds. The highest BCUT2D eigenvalue weighted by Crippen LogP contribution is 2.19. The number of quaternary nitrogens is 1. The van der Waals surface area contributed by atoms with Gasteiger partial charge < -0.3 is 35.0 Å². The molecule has 0 aromatic carbocycles. The van der Waals surface area contributed by atoms with Gasteiger partial charge in [0.05, 0.1) is 0 Å². The zero-order valence-corrected chi connectivity index (χ0v) is 15.2. The number of hydrogen-bond donors (Lipinski definition) is 5. The zero-order chi connectivity index (χ0) is 22.2. The van der Waals surface area contributed by atoms with E-state index in [2.05, 4.69) is 5.32 Å². The summed E-state index contributed by atoms with van der Waals surface area (Å²) in [6.45, 7) is -0.117. The Morgan fingerprint density at radius 2 is 1.90 bits per heavy atom. The number of hydrogen-bond acceptors (Lipinski definition) is 8. The molecule has 5 N–H and O–H groups in total. The van der Waals surface area contributed by atoms with Crippen LogP contribution in [0.25, 0.3) is 0 Å². The van der Waals surface area contributed by atoms with Gasteiger partial charge in [0, 0.05) is 18.4 Å². The van der Waals surface area contributed by atoms with Crippen molar-refractivity contribution in [2.24, 2.45) is 0 Å². The summed E-state index contributed by atoms with van der Waals surface area (Å²) in [5.41, 5.74) is -0.876. The second-order valence-corrected chi connectivity index (χ2v) is 6.79. The summed E-state index contributed by atoms with van der Waals surface area (Å²) in [7, 11) is 0. The number of carbonyl (C=O) groups excluding carboxylic acids is 1. The van der Waals surface area contributed by atoms with Crippen LogP contribution in [0.3, 0.4) is 0 Å². The van der Waals surface area contributed by atoms with Crippen LogP contribution in [0.5, 0.6) is 0 Å². The van der Waals surface area contributed by atoms with Gasteiger partial charge in [-0.2, -0.15) is 0 Å². The van der Waals surface area contributed by atoms with Gasteiger partial charge in [-0.15, -0.1) is 0 Å². The van der Waals surface area contributed by atoms with Crippen molar-refractivity contribution < 1.29 is 48.9 Å². The van der Waals surface area contributed by atoms with Gasteiger partial charge in [-0.05, 0) is 23.8 Å². The number of carboxylic acids is 4. The molecule has 12 nitrogen and oxygen atoms in total. The highest BCUT2D eigenvalue weighted by Gasteiger charge is 2.39. The molecule has 0 aliphatic carbocycles. The monoisotopic (exact) mass is 420 g/mol. The summed E-state index contributed by atoms with van der Waals surface area (Å²) in [6, 6.07) is -1.31. The predicted molar refractivity (Wildman–Crippen MR) is 92.9 cm³/mol. The van der Waals surface area contributed by atoms with E-state index in [1.54, 1.807) is 0 Å². The van der Waals surface area contributed by atoms with Gasteiger partial charge >= 0.3 is 23.5 Å². The molecular formula is C18H16N2O10. The first-order valence-corrected chi connectivity index (χ1v) is 8.69. The highest BCUT2D eigenvalue weighted by atomic mass is 16.4. The van der Waals surface area contributed by atoms with E-state index < -0.39 is 47.3 Å². The van der Waals surface area contributed by atoms with E-state index in [0.717, 1.165) is 6.07 Å².